The van der Waals surface area contributed by atoms with E-state index in [1.165, 1.54) is 0 Å². The number of carbonyl (C=O) groups is 1. The summed E-state index contributed by atoms with van der Waals surface area (Å²) in [6.07, 6.45) is 0. The molecule has 0 aliphatic rings. The average Bonchev–Trinajstić information content (AvgIpc) is 2.22. The topological polar surface area (TPSA) is 55.1 Å². The van der Waals surface area contributed by atoms with Crippen molar-refractivity contribution < 1.29 is 4.79 Å². The molecule has 0 atom stereocenters. The molecule has 0 aliphatic carbocycles. The van der Waals surface area contributed by atoms with Crippen LogP contribution in [0.2, 0.25) is 0 Å². The molecular formula is C13H17BrN2OS. The molecule has 0 unspecified atom stereocenters. The van der Waals surface area contributed by atoms with Crippen LogP contribution in [0.3, 0.4) is 0 Å². The third-order valence-corrected chi connectivity index (χ3v) is 3.89. The summed E-state index contributed by atoms with van der Waals surface area (Å²) in [5, 5.41) is 2.90. The molecule has 0 heterocycles. The van der Waals surface area contributed by atoms with Crippen molar-refractivity contribution in [3.05, 3.63) is 27.7 Å². The van der Waals surface area contributed by atoms with E-state index in [9.17, 15) is 4.79 Å². The van der Waals surface area contributed by atoms with E-state index in [4.69, 9.17) is 18.0 Å². The summed E-state index contributed by atoms with van der Waals surface area (Å²) in [6, 6.07) is 3.91. The summed E-state index contributed by atoms with van der Waals surface area (Å²) in [5.41, 5.74) is 7.53. The van der Waals surface area contributed by atoms with Crippen molar-refractivity contribution in [2.75, 3.05) is 5.32 Å². The van der Waals surface area contributed by atoms with Crippen LogP contribution in [0.1, 0.15) is 25.0 Å². The molecule has 0 bridgehead atoms. The molecule has 1 amide bonds. The molecule has 1 rings (SSSR count). The number of amides is 1. The lowest BCUT2D eigenvalue weighted by atomic mass is 9.92. The second-order valence-electron chi connectivity index (χ2n) is 4.86. The molecule has 0 saturated heterocycles. The third kappa shape index (κ3) is 3.09. The van der Waals surface area contributed by atoms with Crippen LogP contribution in [0.25, 0.3) is 0 Å². The van der Waals surface area contributed by atoms with Gasteiger partial charge in [-0.05, 0) is 51.0 Å². The van der Waals surface area contributed by atoms with Gasteiger partial charge in [0.2, 0.25) is 5.91 Å². The molecule has 0 fully saturated rings. The second kappa shape index (κ2) is 5.36. The molecule has 0 saturated carbocycles. The van der Waals surface area contributed by atoms with Crippen molar-refractivity contribution in [1.29, 1.82) is 0 Å². The van der Waals surface area contributed by atoms with Gasteiger partial charge in [-0.25, -0.2) is 0 Å². The lowest BCUT2D eigenvalue weighted by Gasteiger charge is -2.23. The fraction of sp³-hybridized carbons (Fsp3) is 0.385. The molecule has 1 aromatic rings. The van der Waals surface area contributed by atoms with E-state index >= 15 is 0 Å². The first-order valence-corrected chi connectivity index (χ1v) is 6.74. The summed E-state index contributed by atoms with van der Waals surface area (Å²) in [6.45, 7) is 7.32. The Morgan fingerprint density at radius 1 is 1.33 bits per heavy atom. The van der Waals surface area contributed by atoms with Crippen molar-refractivity contribution in [2.45, 2.75) is 27.7 Å². The molecule has 0 aromatic heterocycles. The van der Waals surface area contributed by atoms with Crippen LogP contribution in [0.5, 0.6) is 0 Å². The summed E-state index contributed by atoms with van der Waals surface area (Å²) >= 11 is 8.34. The standard InChI is InChI=1S/C13H17BrN2OS/c1-7-5-9(14)6-8(2)10(7)16-12(17)13(3,4)11(15)18/h5-6H,1-4H3,(H2,15,18)(H,16,17). The maximum atomic E-state index is 12.2. The number of thiocarbonyl (C=S) groups is 1. The molecular weight excluding hydrogens is 312 g/mol. The molecule has 0 radical (unpaired) electrons. The SMILES string of the molecule is Cc1cc(Br)cc(C)c1NC(=O)C(C)(C)C(N)=S. The Morgan fingerprint density at radius 3 is 2.17 bits per heavy atom. The molecule has 5 heteroatoms. The minimum Gasteiger partial charge on any atom is -0.392 e. The largest absolute Gasteiger partial charge is 0.392 e. The van der Waals surface area contributed by atoms with Gasteiger partial charge >= 0.3 is 0 Å². The van der Waals surface area contributed by atoms with Crippen molar-refractivity contribution >= 4 is 44.7 Å². The van der Waals surface area contributed by atoms with Gasteiger partial charge in [0.05, 0.1) is 10.4 Å². The summed E-state index contributed by atoms with van der Waals surface area (Å²) in [4.78, 5) is 12.4. The predicted octanol–water partition coefficient (Wildman–Crippen LogP) is 3.32. The summed E-state index contributed by atoms with van der Waals surface area (Å²) in [5.74, 6) is -0.191. The van der Waals surface area contributed by atoms with Crippen molar-refractivity contribution in [3.8, 4) is 0 Å². The first kappa shape index (κ1) is 15.1. The summed E-state index contributed by atoms with van der Waals surface area (Å²) < 4.78 is 0.990. The van der Waals surface area contributed by atoms with E-state index in [1.807, 2.05) is 26.0 Å². The Hall–Kier alpha value is -0.940. The van der Waals surface area contributed by atoms with Gasteiger partial charge < -0.3 is 11.1 Å². The molecule has 0 aliphatic heterocycles. The molecule has 1 aromatic carbocycles. The zero-order valence-corrected chi connectivity index (χ0v) is 13.3. The average molecular weight is 329 g/mol. The number of benzene rings is 1. The van der Waals surface area contributed by atoms with Crippen molar-refractivity contribution in [3.63, 3.8) is 0 Å². The Morgan fingerprint density at radius 2 is 1.78 bits per heavy atom. The fourth-order valence-corrected chi connectivity index (χ4v) is 2.27. The number of hydrogen-bond donors (Lipinski definition) is 2. The number of anilines is 1. The molecule has 3 N–H and O–H groups in total. The highest BCUT2D eigenvalue weighted by molar-refractivity contribution is 9.10. The summed E-state index contributed by atoms with van der Waals surface area (Å²) in [7, 11) is 0. The molecule has 98 valence electrons. The monoisotopic (exact) mass is 328 g/mol. The number of hydrogen-bond acceptors (Lipinski definition) is 2. The van der Waals surface area contributed by atoms with Gasteiger partial charge in [0.1, 0.15) is 0 Å². The van der Waals surface area contributed by atoms with Gasteiger partial charge in [-0.2, -0.15) is 0 Å². The predicted molar refractivity (Wildman–Crippen MR) is 82.8 cm³/mol. The number of halogens is 1. The Bertz CT molecular complexity index is 489. The van der Waals surface area contributed by atoms with E-state index in [-0.39, 0.29) is 10.9 Å². The van der Waals surface area contributed by atoms with Gasteiger partial charge in [-0.3, -0.25) is 4.79 Å². The quantitative estimate of drug-likeness (QED) is 0.837. The maximum Gasteiger partial charge on any atom is 0.236 e. The number of rotatable bonds is 3. The maximum absolute atomic E-state index is 12.2. The minimum absolute atomic E-state index is 0.187. The smallest absolute Gasteiger partial charge is 0.236 e. The van der Waals surface area contributed by atoms with Gasteiger partial charge in [-0.1, -0.05) is 28.1 Å². The number of aryl methyl sites for hydroxylation is 2. The van der Waals surface area contributed by atoms with Crippen LogP contribution in [-0.4, -0.2) is 10.9 Å². The van der Waals surface area contributed by atoms with Crippen LogP contribution in [-0.2, 0) is 4.79 Å². The van der Waals surface area contributed by atoms with E-state index in [0.29, 0.717) is 0 Å². The van der Waals surface area contributed by atoms with Gasteiger partial charge in [-0.15, -0.1) is 0 Å². The lowest BCUT2D eigenvalue weighted by molar-refractivity contribution is -0.121. The van der Waals surface area contributed by atoms with Gasteiger partial charge in [0.25, 0.3) is 0 Å². The molecule has 0 spiro atoms. The highest BCUT2D eigenvalue weighted by Crippen LogP contribution is 2.27. The fourth-order valence-electron chi connectivity index (χ4n) is 1.49. The van der Waals surface area contributed by atoms with Crippen LogP contribution in [0, 0.1) is 19.3 Å². The highest BCUT2D eigenvalue weighted by atomic mass is 79.9. The first-order chi connectivity index (χ1) is 8.16. The minimum atomic E-state index is -0.860. The van der Waals surface area contributed by atoms with Crippen molar-refractivity contribution in [2.24, 2.45) is 11.1 Å². The Kier molecular flexibility index (Phi) is 4.50. The zero-order chi connectivity index (χ0) is 14.1. The van der Waals surface area contributed by atoms with Crippen LogP contribution in [0.4, 0.5) is 5.69 Å². The van der Waals surface area contributed by atoms with E-state index in [0.717, 1.165) is 21.3 Å². The van der Waals surface area contributed by atoms with E-state index < -0.39 is 5.41 Å². The Labute approximate surface area is 121 Å². The van der Waals surface area contributed by atoms with Crippen LogP contribution < -0.4 is 11.1 Å². The lowest BCUT2D eigenvalue weighted by Crippen LogP contribution is -2.41. The number of nitrogens with one attached hydrogen (secondary N) is 1. The van der Waals surface area contributed by atoms with Crippen molar-refractivity contribution in [1.82, 2.24) is 0 Å². The number of nitrogens with two attached hydrogens (primary N) is 1. The van der Waals surface area contributed by atoms with Crippen LogP contribution >= 0.6 is 28.1 Å². The first-order valence-electron chi connectivity index (χ1n) is 5.54. The molecule has 3 nitrogen and oxygen atoms in total. The van der Waals surface area contributed by atoms with E-state index in [1.54, 1.807) is 13.8 Å². The normalized spacial score (nSPS) is 11.2. The third-order valence-electron chi connectivity index (χ3n) is 2.92. The zero-order valence-electron chi connectivity index (χ0n) is 10.9. The Balaban J connectivity index is 3.07. The van der Waals surface area contributed by atoms with Gasteiger partial charge in [0, 0.05) is 10.2 Å². The van der Waals surface area contributed by atoms with E-state index in [2.05, 4.69) is 21.2 Å². The molecule has 18 heavy (non-hydrogen) atoms. The van der Waals surface area contributed by atoms with Gasteiger partial charge in [0.15, 0.2) is 0 Å². The second-order valence-corrected chi connectivity index (χ2v) is 6.21. The number of carbonyl (C=O) groups excluding carboxylic acids is 1. The highest BCUT2D eigenvalue weighted by Gasteiger charge is 2.31. The van der Waals surface area contributed by atoms with Crippen LogP contribution in [0.15, 0.2) is 16.6 Å².